The Kier molecular flexibility index (Phi) is 7.44. The summed E-state index contributed by atoms with van der Waals surface area (Å²) in [5.41, 5.74) is 0. The van der Waals surface area contributed by atoms with E-state index in [2.05, 4.69) is 10.2 Å². The van der Waals surface area contributed by atoms with E-state index < -0.39 is 21.8 Å². The highest BCUT2D eigenvalue weighted by Gasteiger charge is 2.35. The lowest BCUT2D eigenvalue weighted by molar-refractivity contribution is -0.126. The lowest BCUT2D eigenvalue weighted by Crippen LogP contribution is -2.47. The molecule has 1 amide bonds. The van der Waals surface area contributed by atoms with Crippen molar-refractivity contribution in [3.8, 4) is 5.75 Å². The summed E-state index contributed by atoms with van der Waals surface area (Å²) in [6, 6.07) is 3.40. The van der Waals surface area contributed by atoms with Gasteiger partial charge in [-0.3, -0.25) is 9.69 Å². The average molecular weight is 430 g/mol. The molecule has 2 heterocycles. The summed E-state index contributed by atoms with van der Waals surface area (Å²) in [4.78, 5) is 14.6. The van der Waals surface area contributed by atoms with Crippen LogP contribution in [0.1, 0.15) is 12.8 Å². The highest BCUT2D eigenvalue weighted by molar-refractivity contribution is 7.89. The molecule has 1 atom stereocenters. The number of piperidine rings is 1. The second kappa shape index (κ2) is 9.84. The first-order valence-corrected chi connectivity index (χ1v) is 11.3. The molecule has 1 aromatic carbocycles. The molecule has 1 N–H and O–H groups in total. The van der Waals surface area contributed by atoms with Crippen molar-refractivity contribution in [2.45, 2.75) is 17.7 Å². The van der Waals surface area contributed by atoms with Crippen LogP contribution in [0.25, 0.3) is 0 Å². The maximum atomic E-state index is 13.7. The van der Waals surface area contributed by atoms with Crippen LogP contribution in [0, 0.1) is 11.7 Å². The third kappa shape index (κ3) is 5.44. The molecule has 29 heavy (non-hydrogen) atoms. The zero-order chi connectivity index (χ0) is 20.9. The van der Waals surface area contributed by atoms with Crippen molar-refractivity contribution in [2.75, 3.05) is 59.6 Å². The molecule has 0 spiro atoms. The number of hydrogen-bond acceptors (Lipinski definition) is 6. The van der Waals surface area contributed by atoms with Crippen molar-refractivity contribution in [3.05, 3.63) is 24.0 Å². The molecule has 0 bridgehead atoms. The fraction of sp³-hybridized carbons (Fsp3) is 0.632. The van der Waals surface area contributed by atoms with E-state index in [4.69, 9.17) is 9.47 Å². The van der Waals surface area contributed by atoms with Gasteiger partial charge in [-0.15, -0.1) is 0 Å². The van der Waals surface area contributed by atoms with Crippen LogP contribution in [0.2, 0.25) is 0 Å². The number of hydrogen-bond donors (Lipinski definition) is 1. The van der Waals surface area contributed by atoms with Gasteiger partial charge in [0.15, 0.2) is 0 Å². The summed E-state index contributed by atoms with van der Waals surface area (Å²) >= 11 is 0. The number of nitrogens with zero attached hydrogens (tertiary/aromatic N) is 2. The van der Waals surface area contributed by atoms with Gasteiger partial charge < -0.3 is 14.8 Å². The van der Waals surface area contributed by atoms with Crippen LogP contribution in [-0.4, -0.2) is 83.1 Å². The van der Waals surface area contributed by atoms with Gasteiger partial charge in [0, 0.05) is 39.3 Å². The lowest BCUT2D eigenvalue weighted by atomic mass is 9.99. The lowest BCUT2D eigenvalue weighted by Gasteiger charge is -2.32. The second-order valence-electron chi connectivity index (χ2n) is 7.24. The molecule has 0 unspecified atom stereocenters. The fourth-order valence-corrected chi connectivity index (χ4v) is 5.36. The molecule has 0 aromatic heterocycles. The largest absolute Gasteiger partial charge is 0.495 e. The highest BCUT2D eigenvalue weighted by Crippen LogP contribution is 2.30. The maximum absolute atomic E-state index is 13.7. The minimum atomic E-state index is -3.97. The Hall–Kier alpha value is -1.75. The first kappa shape index (κ1) is 21.9. The van der Waals surface area contributed by atoms with E-state index in [0.717, 1.165) is 31.8 Å². The number of carbonyl (C=O) groups excluding carboxylic acids is 1. The van der Waals surface area contributed by atoms with Gasteiger partial charge in [0.05, 0.1) is 26.2 Å². The monoisotopic (exact) mass is 429 g/mol. The van der Waals surface area contributed by atoms with Crippen molar-refractivity contribution in [1.29, 1.82) is 0 Å². The first-order chi connectivity index (χ1) is 13.9. The van der Waals surface area contributed by atoms with Crippen LogP contribution in [-0.2, 0) is 19.6 Å². The predicted octanol–water partition coefficient (Wildman–Crippen LogP) is 0.683. The normalized spacial score (nSPS) is 21.7. The summed E-state index contributed by atoms with van der Waals surface area (Å²) in [7, 11) is -2.62. The number of rotatable bonds is 7. The number of amides is 1. The third-order valence-electron chi connectivity index (χ3n) is 5.33. The van der Waals surface area contributed by atoms with Crippen LogP contribution >= 0.6 is 0 Å². The molecule has 0 aliphatic carbocycles. The molecular weight excluding hydrogens is 401 g/mol. The Balaban J connectivity index is 1.60. The van der Waals surface area contributed by atoms with E-state index in [1.807, 2.05) is 0 Å². The number of carbonyl (C=O) groups is 1. The Morgan fingerprint density at radius 2 is 2.07 bits per heavy atom. The van der Waals surface area contributed by atoms with Crippen molar-refractivity contribution in [1.82, 2.24) is 14.5 Å². The smallest absolute Gasteiger partial charge is 0.246 e. The Bertz CT molecular complexity index is 814. The van der Waals surface area contributed by atoms with Crippen molar-refractivity contribution in [3.63, 3.8) is 0 Å². The molecule has 0 radical (unpaired) electrons. The quantitative estimate of drug-likeness (QED) is 0.686. The summed E-state index contributed by atoms with van der Waals surface area (Å²) in [6.45, 7) is 4.72. The van der Waals surface area contributed by atoms with Gasteiger partial charge in [0.2, 0.25) is 15.9 Å². The highest BCUT2D eigenvalue weighted by atomic mass is 32.2. The number of ether oxygens (including phenoxy) is 2. The van der Waals surface area contributed by atoms with Crippen LogP contribution < -0.4 is 10.1 Å². The third-order valence-corrected chi connectivity index (χ3v) is 7.22. The van der Waals surface area contributed by atoms with Crippen LogP contribution in [0.15, 0.2) is 23.1 Å². The summed E-state index contributed by atoms with van der Waals surface area (Å²) < 4.78 is 51.4. The second-order valence-corrected chi connectivity index (χ2v) is 9.15. The Labute approximate surface area is 171 Å². The van der Waals surface area contributed by atoms with E-state index in [1.165, 1.54) is 17.5 Å². The van der Waals surface area contributed by atoms with E-state index in [-0.39, 0.29) is 23.1 Å². The zero-order valence-corrected chi connectivity index (χ0v) is 17.4. The van der Waals surface area contributed by atoms with E-state index >= 15 is 0 Å². The van der Waals surface area contributed by atoms with E-state index in [0.29, 0.717) is 39.1 Å². The predicted molar refractivity (Wildman–Crippen MR) is 105 cm³/mol. The van der Waals surface area contributed by atoms with Crippen LogP contribution in [0.4, 0.5) is 4.39 Å². The molecule has 2 aliphatic rings. The summed E-state index contributed by atoms with van der Waals surface area (Å²) in [6.07, 6.45) is 1.19. The zero-order valence-electron chi connectivity index (χ0n) is 16.6. The van der Waals surface area contributed by atoms with Crippen LogP contribution in [0.5, 0.6) is 5.75 Å². The molecule has 2 aliphatic heterocycles. The van der Waals surface area contributed by atoms with Gasteiger partial charge in [-0.1, -0.05) is 0 Å². The number of nitrogens with one attached hydrogen (secondary N) is 1. The Morgan fingerprint density at radius 3 is 2.79 bits per heavy atom. The van der Waals surface area contributed by atoms with Crippen LogP contribution in [0.3, 0.4) is 0 Å². The van der Waals surface area contributed by atoms with Crippen molar-refractivity contribution in [2.24, 2.45) is 5.92 Å². The van der Waals surface area contributed by atoms with Gasteiger partial charge in [-0.2, -0.15) is 4.31 Å². The van der Waals surface area contributed by atoms with E-state index in [9.17, 15) is 17.6 Å². The molecule has 1 aromatic rings. The number of benzene rings is 1. The minimum Gasteiger partial charge on any atom is -0.495 e. The fourth-order valence-electron chi connectivity index (χ4n) is 3.67. The number of methoxy groups -OCH3 is 1. The molecule has 10 heteroatoms. The van der Waals surface area contributed by atoms with Crippen molar-refractivity contribution < 1.29 is 27.1 Å². The minimum absolute atomic E-state index is 0.0748. The summed E-state index contributed by atoms with van der Waals surface area (Å²) in [5.74, 6) is -1.14. The molecule has 3 rings (SSSR count). The molecule has 8 nitrogen and oxygen atoms in total. The SMILES string of the molecule is COc1ccc(F)cc1S(=O)(=O)N1CCC[C@@H](C(=O)NCCN2CCOCC2)C1. The average Bonchev–Trinajstić information content (AvgIpc) is 2.74. The summed E-state index contributed by atoms with van der Waals surface area (Å²) in [5, 5.41) is 2.92. The number of morpholine rings is 1. The first-order valence-electron chi connectivity index (χ1n) is 9.83. The molecule has 162 valence electrons. The van der Waals surface area contributed by atoms with Gasteiger partial charge >= 0.3 is 0 Å². The molecular formula is C19H28FN3O5S. The van der Waals surface area contributed by atoms with Gasteiger partial charge in [-0.05, 0) is 31.0 Å². The number of halogens is 1. The number of sulfonamides is 1. The van der Waals surface area contributed by atoms with Crippen molar-refractivity contribution >= 4 is 15.9 Å². The Morgan fingerprint density at radius 1 is 1.31 bits per heavy atom. The molecule has 2 fully saturated rings. The van der Waals surface area contributed by atoms with E-state index in [1.54, 1.807) is 0 Å². The maximum Gasteiger partial charge on any atom is 0.246 e. The van der Waals surface area contributed by atoms with Gasteiger partial charge in [0.1, 0.15) is 16.5 Å². The van der Waals surface area contributed by atoms with Gasteiger partial charge in [0.25, 0.3) is 0 Å². The standard InChI is InChI=1S/C19H28FN3O5S/c1-27-17-5-4-16(20)13-18(17)29(25,26)23-7-2-3-15(14-23)19(24)21-6-8-22-9-11-28-12-10-22/h4-5,13,15H,2-3,6-12,14H2,1H3,(H,21,24)/t15-/m1/s1. The molecule has 2 saturated heterocycles. The molecule has 0 saturated carbocycles. The topological polar surface area (TPSA) is 88.2 Å². The van der Waals surface area contributed by atoms with Gasteiger partial charge in [-0.25, -0.2) is 12.8 Å².